The fourth-order valence-electron chi connectivity index (χ4n) is 4.71. The fourth-order valence-corrected chi connectivity index (χ4v) is 4.71. The number of hydrogen-bond donors (Lipinski definition) is 0. The van der Waals surface area contributed by atoms with Crippen LogP contribution in [-0.4, -0.2) is 31.1 Å². The lowest BCUT2D eigenvalue weighted by Crippen LogP contribution is -2.42. The summed E-state index contributed by atoms with van der Waals surface area (Å²) in [5.74, 6) is 0. The molecule has 2 bridgehead atoms. The lowest BCUT2D eigenvalue weighted by Gasteiger charge is -2.39. The van der Waals surface area contributed by atoms with Gasteiger partial charge in [0.25, 0.3) is 0 Å². The molecule has 1 saturated heterocycles. The smallest absolute Gasteiger partial charge is 0.0646 e. The largest absolute Gasteiger partial charge is 0.372 e. The Morgan fingerprint density at radius 1 is 1.08 bits per heavy atom. The van der Waals surface area contributed by atoms with E-state index in [-0.39, 0.29) is 5.54 Å². The van der Waals surface area contributed by atoms with E-state index in [0.717, 1.165) is 19.1 Å². The molecule has 2 aliphatic rings. The fraction of sp³-hybridized carbons (Fsp3) is 0.455. The molecule has 4 rings (SSSR count). The molecule has 1 fully saturated rings. The van der Waals surface area contributed by atoms with Gasteiger partial charge in [0.15, 0.2) is 0 Å². The standard InChI is InChI=1S/C22H28N2/c1-4-24(5-2)21-11-9-17-15-19(10-8-18(17)16-21)22-13-6-7-20(12-14-22)23(22)3/h6,8-11,13,15-16,20H,4-5,7,12,14H2,1-3H3. The molecule has 0 spiro atoms. The summed E-state index contributed by atoms with van der Waals surface area (Å²) in [6, 6.07) is 14.7. The normalized spacial score (nSPS) is 26.2. The summed E-state index contributed by atoms with van der Waals surface area (Å²) >= 11 is 0. The van der Waals surface area contributed by atoms with E-state index < -0.39 is 0 Å². The first-order valence-corrected chi connectivity index (χ1v) is 9.38. The summed E-state index contributed by atoms with van der Waals surface area (Å²) in [6.45, 7) is 6.55. The first-order chi connectivity index (χ1) is 11.7. The molecule has 0 N–H and O–H groups in total. The number of fused-ring (bicyclic) bond motifs is 3. The second-order valence-electron chi connectivity index (χ2n) is 7.28. The molecule has 2 aliphatic heterocycles. The van der Waals surface area contributed by atoms with Crippen LogP contribution < -0.4 is 4.90 Å². The molecule has 2 unspecified atom stereocenters. The maximum atomic E-state index is 2.60. The van der Waals surface area contributed by atoms with Gasteiger partial charge in [0.2, 0.25) is 0 Å². The van der Waals surface area contributed by atoms with Gasteiger partial charge in [-0.15, -0.1) is 0 Å². The molecule has 2 aromatic rings. The zero-order chi connectivity index (χ0) is 16.7. The van der Waals surface area contributed by atoms with Crippen molar-refractivity contribution in [1.82, 2.24) is 4.90 Å². The molecule has 2 aromatic carbocycles. The number of likely N-dealkylation sites (N-methyl/N-ethyl adjacent to an activating group) is 1. The predicted molar refractivity (Wildman–Crippen MR) is 104 cm³/mol. The van der Waals surface area contributed by atoms with Gasteiger partial charge in [-0.2, -0.15) is 0 Å². The summed E-state index contributed by atoms with van der Waals surface area (Å²) in [7, 11) is 2.30. The third-order valence-corrected chi connectivity index (χ3v) is 6.29. The van der Waals surface area contributed by atoms with Gasteiger partial charge in [-0.1, -0.05) is 30.4 Å². The SMILES string of the molecule is CCN(CC)c1ccc2cc(C34C=CCC(CC3)N4C)ccc2c1. The van der Waals surface area contributed by atoms with Crippen LogP contribution in [0.3, 0.4) is 0 Å². The van der Waals surface area contributed by atoms with Crippen molar-refractivity contribution in [3.63, 3.8) is 0 Å². The molecular weight excluding hydrogens is 292 g/mol. The van der Waals surface area contributed by atoms with Crippen LogP contribution in [0.25, 0.3) is 10.8 Å². The summed E-state index contributed by atoms with van der Waals surface area (Å²) in [6.07, 6.45) is 8.60. The highest BCUT2D eigenvalue weighted by molar-refractivity contribution is 5.87. The van der Waals surface area contributed by atoms with Gasteiger partial charge in [0.05, 0.1) is 5.54 Å². The number of benzene rings is 2. The van der Waals surface area contributed by atoms with E-state index in [0.29, 0.717) is 0 Å². The van der Waals surface area contributed by atoms with Crippen molar-refractivity contribution in [2.75, 3.05) is 25.0 Å². The Balaban J connectivity index is 1.76. The molecular formula is C22H28N2. The van der Waals surface area contributed by atoms with Gasteiger partial charge >= 0.3 is 0 Å². The summed E-state index contributed by atoms with van der Waals surface area (Å²) in [4.78, 5) is 5.00. The van der Waals surface area contributed by atoms with Gasteiger partial charge < -0.3 is 4.90 Å². The van der Waals surface area contributed by atoms with Crippen LogP contribution in [0.2, 0.25) is 0 Å². The Kier molecular flexibility index (Phi) is 3.88. The molecule has 0 aliphatic carbocycles. The monoisotopic (exact) mass is 320 g/mol. The van der Waals surface area contributed by atoms with Crippen LogP contribution in [-0.2, 0) is 5.54 Å². The molecule has 0 saturated carbocycles. The van der Waals surface area contributed by atoms with Gasteiger partial charge in [-0.05, 0) is 74.7 Å². The van der Waals surface area contributed by atoms with E-state index in [1.807, 2.05) is 0 Å². The highest BCUT2D eigenvalue weighted by Gasteiger charge is 2.45. The number of anilines is 1. The molecule has 2 nitrogen and oxygen atoms in total. The summed E-state index contributed by atoms with van der Waals surface area (Å²) in [5, 5.41) is 2.70. The summed E-state index contributed by atoms with van der Waals surface area (Å²) < 4.78 is 0. The maximum Gasteiger partial charge on any atom is 0.0646 e. The van der Waals surface area contributed by atoms with Crippen LogP contribution in [0.1, 0.15) is 38.7 Å². The lowest BCUT2D eigenvalue weighted by molar-refractivity contribution is 0.168. The van der Waals surface area contributed by atoms with E-state index in [2.05, 4.69) is 79.2 Å². The van der Waals surface area contributed by atoms with Crippen LogP contribution in [0.5, 0.6) is 0 Å². The van der Waals surface area contributed by atoms with Crippen molar-refractivity contribution in [2.24, 2.45) is 0 Å². The second-order valence-corrected chi connectivity index (χ2v) is 7.28. The average molecular weight is 320 g/mol. The van der Waals surface area contributed by atoms with E-state index in [4.69, 9.17) is 0 Å². The minimum atomic E-state index is 0.120. The zero-order valence-corrected chi connectivity index (χ0v) is 15.1. The Bertz CT molecular complexity index is 775. The predicted octanol–water partition coefficient (Wildman–Crippen LogP) is 4.94. The van der Waals surface area contributed by atoms with Gasteiger partial charge in [-0.3, -0.25) is 4.90 Å². The van der Waals surface area contributed by atoms with Gasteiger partial charge in [0.1, 0.15) is 0 Å². The molecule has 2 heterocycles. The van der Waals surface area contributed by atoms with Crippen LogP contribution in [0.15, 0.2) is 48.6 Å². The lowest BCUT2D eigenvalue weighted by atomic mass is 9.85. The average Bonchev–Trinajstić information content (AvgIpc) is 2.81. The van der Waals surface area contributed by atoms with Crippen molar-refractivity contribution in [3.05, 3.63) is 54.1 Å². The second kappa shape index (κ2) is 5.93. The molecule has 0 aromatic heterocycles. The third-order valence-electron chi connectivity index (χ3n) is 6.29. The van der Waals surface area contributed by atoms with Crippen LogP contribution in [0.4, 0.5) is 5.69 Å². The van der Waals surface area contributed by atoms with Crippen molar-refractivity contribution in [1.29, 1.82) is 0 Å². The van der Waals surface area contributed by atoms with Crippen LogP contribution in [0, 0.1) is 0 Å². The van der Waals surface area contributed by atoms with Crippen LogP contribution >= 0.6 is 0 Å². The molecule has 0 amide bonds. The minimum absolute atomic E-state index is 0.120. The number of rotatable bonds is 4. The molecule has 0 radical (unpaired) electrons. The van der Waals surface area contributed by atoms with Gasteiger partial charge in [-0.25, -0.2) is 0 Å². The number of nitrogens with zero attached hydrogens (tertiary/aromatic N) is 2. The zero-order valence-electron chi connectivity index (χ0n) is 15.1. The Labute approximate surface area is 145 Å². The van der Waals surface area contributed by atoms with E-state index in [1.165, 1.54) is 41.3 Å². The van der Waals surface area contributed by atoms with Crippen molar-refractivity contribution < 1.29 is 0 Å². The molecule has 126 valence electrons. The number of hydrogen-bond acceptors (Lipinski definition) is 2. The van der Waals surface area contributed by atoms with E-state index >= 15 is 0 Å². The topological polar surface area (TPSA) is 6.48 Å². The maximum absolute atomic E-state index is 2.60. The van der Waals surface area contributed by atoms with Gasteiger partial charge in [0, 0.05) is 24.8 Å². The van der Waals surface area contributed by atoms with E-state index in [9.17, 15) is 0 Å². The highest BCUT2D eigenvalue weighted by atomic mass is 15.2. The Morgan fingerprint density at radius 3 is 2.62 bits per heavy atom. The molecule has 2 atom stereocenters. The first-order valence-electron chi connectivity index (χ1n) is 9.38. The van der Waals surface area contributed by atoms with Crippen molar-refractivity contribution in [2.45, 2.75) is 44.7 Å². The van der Waals surface area contributed by atoms with E-state index in [1.54, 1.807) is 0 Å². The minimum Gasteiger partial charge on any atom is -0.372 e. The highest BCUT2D eigenvalue weighted by Crippen LogP contribution is 2.46. The first kappa shape index (κ1) is 15.7. The van der Waals surface area contributed by atoms with Crippen molar-refractivity contribution in [3.8, 4) is 0 Å². The summed E-state index contributed by atoms with van der Waals surface area (Å²) in [5.41, 5.74) is 2.90. The van der Waals surface area contributed by atoms with Crippen molar-refractivity contribution >= 4 is 16.5 Å². The Morgan fingerprint density at radius 2 is 1.83 bits per heavy atom. The quantitative estimate of drug-likeness (QED) is 0.737. The Hall–Kier alpha value is -1.80. The molecule has 2 heteroatoms. The third kappa shape index (κ3) is 2.28. The molecule has 24 heavy (non-hydrogen) atoms.